The molecule has 2 N–H and O–H groups in total. The number of hydrogen-bond acceptors (Lipinski definition) is 9. The van der Waals surface area contributed by atoms with Crippen molar-refractivity contribution in [2.75, 3.05) is 5.32 Å². The molecule has 11 heteroatoms. The first-order valence-corrected chi connectivity index (χ1v) is 12.0. The molecule has 5 rings (SSSR count). The van der Waals surface area contributed by atoms with Gasteiger partial charge in [-0.25, -0.2) is 9.67 Å². The van der Waals surface area contributed by atoms with Gasteiger partial charge in [-0.1, -0.05) is 5.21 Å². The molecular weight excluding hydrogens is 450 g/mol. The zero-order chi connectivity index (χ0) is 24.4. The van der Waals surface area contributed by atoms with Crippen LogP contribution in [0.15, 0.2) is 24.4 Å². The van der Waals surface area contributed by atoms with E-state index < -0.39 is 5.97 Å². The van der Waals surface area contributed by atoms with Crippen molar-refractivity contribution in [3.8, 4) is 22.9 Å². The van der Waals surface area contributed by atoms with Crippen molar-refractivity contribution in [1.82, 2.24) is 30.2 Å². The lowest BCUT2D eigenvalue weighted by Crippen LogP contribution is -2.29. The Balaban J connectivity index is 1.27. The van der Waals surface area contributed by atoms with Gasteiger partial charge in [0.25, 0.3) is 0 Å². The van der Waals surface area contributed by atoms with Gasteiger partial charge in [0.1, 0.15) is 17.2 Å². The van der Waals surface area contributed by atoms with Gasteiger partial charge in [-0.05, 0) is 57.6 Å². The highest BCUT2D eigenvalue weighted by Crippen LogP contribution is 2.31. The first kappa shape index (κ1) is 23.0. The lowest BCUT2D eigenvalue weighted by atomic mass is 9.87. The summed E-state index contributed by atoms with van der Waals surface area (Å²) < 4.78 is 13.6. The fraction of sp³-hybridized carbons (Fsp3) is 0.500. The second-order valence-corrected chi connectivity index (χ2v) is 9.18. The number of aliphatic carboxylic acids is 1. The third-order valence-corrected chi connectivity index (χ3v) is 6.39. The van der Waals surface area contributed by atoms with Gasteiger partial charge >= 0.3 is 5.97 Å². The smallest absolute Gasteiger partial charge is 0.306 e. The number of pyridine rings is 1. The van der Waals surface area contributed by atoms with Crippen molar-refractivity contribution in [3.05, 3.63) is 35.8 Å². The molecule has 11 nitrogen and oxygen atoms in total. The van der Waals surface area contributed by atoms with Crippen LogP contribution in [0.5, 0.6) is 11.5 Å². The highest BCUT2D eigenvalue weighted by atomic mass is 16.5. The van der Waals surface area contributed by atoms with Crippen LogP contribution in [0.25, 0.3) is 11.4 Å². The average Bonchev–Trinajstić information content (AvgIpc) is 3.59. The Morgan fingerprint density at radius 2 is 2.03 bits per heavy atom. The maximum absolute atomic E-state index is 11.4. The Morgan fingerprint density at radius 1 is 1.17 bits per heavy atom. The number of carbonyl (C=O) groups is 1. The fourth-order valence-corrected chi connectivity index (χ4v) is 4.29. The predicted octanol–water partition coefficient (Wildman–Crippen LogP) is 3.15. The van der Waals surface area contributed by atoms with Crippen LogP contribution < -0.4 is 14.8 Å². The zero-order valence-corrected chi connectivity index (χ0v) is 19.8. The molecular formula is C24H29N7O4. The number of ether oxygens (including phenoxy) is 2. The van der Waals surface area contributed by atoms with E-state index in [0.29, 0.717) is 48.1 Å². The summed E-state index contributed by atoms with van der Waals surface area (Å²) in [6, 6.07) is 5.57. The largest absolute Gasteiger partial charge is 0.489 e. The maximum Gasteiger partial charge on any atom is 0.306 e. The Morgan fingerprint density at radius 3 is 2.80 bits per heavy atom. The van der Waals surface area contributed by atoms with Crippen molar-refractivity contribution in [1.29, 1.82) is 0 Å². The van der Waals surface area contributed by atoms with Gasteiger partial charge in [0.05, 0.1) is 47.9 Å². The topological polar surface area (TPSA) is 137 Å². The molecule has 0 bridgehead atoms. The number of aromatic nitrogens is 6. The summed E-state index contributed by atoms with van der Waals surface area (Å²) in [5.41, 5.74) is 2.91. The van der Waals surface area contributed by atoms with E-state index in [9.17, 15) is 9.90 Å². The summed E-state index contributed by atoms with van der Waals surface area (Å²) in [6.45, 7) is 2.31. The van der Waals surface area contributed by atoms with Gasteiger partial charge < -0.3 is 19.9 Å². The van der Waals surface area contributed by atoms with Gasteiger partial charge in [-0.15, -0.1) is 10.2 Å². The van der Waals surface area contributed by atoms with Crippen LogP contribution in [0.4, 0.5) is 5.82 Å². The number of nitrogens with one attached hydrogen (secondary N) is 1. The number of hydrogen-bond donors (Lipinski definition) is 2. The Hall–Kier alpha value is -3.76. The lowest BCUT2D eigenvalue weighted by molar-refractivity contribution is -0.143. The van der Waals surface area contributed by atoms with Crippen molar-refractivity contribution in [3.63, 3.8) is 0 Å². The molecule has 0 amide bonds. The fourth-order valence-electron chi connectivity index (χ4n) is 4.29. The molecule has 2 aliphatic carbocycles. The predicted molar refractivity (Wildman–Crippen MR) is 126 cm³/mol. The van der Waals surface area contributed by atoms with E-state index in [1.165, 1.54) is 0 Å². The molecule has 2 atom stereocenters. The van der Waals surface area contributed by atoms with Gasteiger partial charge in [0, 0.05) is 13.1 Å². The van der Waals surface area contributed by atoms with E-state index in [-0.39, 0.29) is 18.1 Å². The van der Waals surface area contributed by atoms with E-state index in [1.807, 2.05) is 32.2 Å². The van der Waals surface area contributed by atoms with E-state index in [2.05, 4.69) is 25.8 Å². The zero-order valence-electron chi connectivity index (χ0n) is 19.8. The quantitative estimate of drug-likeness (QED) is 0.471. The normalized spacial score (nSPS) is 19.8. The third-order valence-electron chi connectivity index (χ3n) is 6.39. The molecule has 2 saturated carbocycles. The van der Waals surface area contributed by atoms with Crippen LogP contribution in [-0.2, 0) is 18.4 Å². The van der Waals surface area contributed by atoms with Gasteiger partial charge in [-0.2, -0.15) is 5.10 Å². The number of anilines is 1. The van der Waals surface area contributed by atoms with Gasteiger partial charge in [0.15, 0.2) is 5.82 Å². The number of carboxylic acid groups (broad SMARTS) is 1. The van der Waals surface area contributed by atoms with Gasteiger partial charge in [0.2, 0.25) is 0 Å². The summed E-state index contributed by atoms with van der Waals surface area (Å²) in [5, 5.41) is 29.3. The Bertz CT molecular complexity index is 1210. The van der Waals surface area contributed by atoms with Crippen molar-refractivity contribution in [2.45, 2.75) is 64.2 Å². The average molecular weight is 480 g/mol. The minimum atomic E-state index is -0.750. The van der Waals surface area contributed by atoms with Crippen LogP contribution in [0.2, 0.25) is 0 Å². The van der Waals surface area contributed by atoms with Crippen LogP contribution in [-0.4, -0.2) is 53.5 Å². The molecule has 0 aromatic carbocycles. The number of rotatable bonds is 9. The molecule has 35 heavy (non-hydrogen) atoms. The Kier molecular flexibility index (Phi) is 6.47. The minimum Gasteiger partial charge on any atom is -0.489 e. The molecule has 0 saturated heterocycles. The summed E-state index contributed by atoms with van der Waals surface area (Å²) in [4.78, 5) is 16.1. The molecule has 3 aromatic heterocycles. The molecule has 0 aliphatic heterocycles. The summed E-state index contributed by atoms with van der Waals surface area (Å²) in [6.07, 6.45) is 6.87. The molecule has 3 aromatic rings. The molecule has 0 spiro atoms. The monoisotopic (exact) mass is 479 g/mol. The van der Waals surface area contributed by atoms with Crippen molar-refractivity contribution in [2.24, 2.45) is 13.0 Å². The van der Waals surface area contributed by atoms with Crippen LogP contribution in [0, 0.1) is 12.8 Å². The van der Waals surface area contributed by atoms with Crippen LogP contribution >= 0.6 is 0 Å². The first-order valence-electron chi connectivity index (χ1n) is 12.0. The minimum absolute atomic E-state index is 0.117. The highest BCUT2D eigenvalue weighted by molar-refractivity contribution is 5.70. The van der Waals surface area contributed by atoms with E-state index in [1.54, 1.807) is 10.9 Å². The Labute approximate surface area is 202 Å². The summed E-state index contributed by atoms with van der Waals surface area (Å²) >= 11 is 0. The summed E-state index contributed by atoms with van der Waals surface area (Å²) in [5.74, 6) is 0.877. The summed E-state index contributed by atoms with van der Waals surface area (Å²) in [7, 11) is 1.83. The second kappa shape index (κ2) is 9.85. The molecule has 2 fully saturated rings. The molecule has 184 valence electrons. The van der Waals surface area contributed by atoms with Crippen molar-refractivity contribution < 1.29 is 19.4 Å². The standard InChI is InChI=1S/C24H29N7O4/c1-14-21(35-17-5-3-4-15(10-17)24(32)33)9-8-19(27-14)23-20(31(2)30-29-23)13-25-22-11-18(12-26-28-22)34-16-6-7-16/h8-9,11-12,15-17H,3-7,10,13H2,1-2H3,(H,25,28)(H,32,33)/t15-,17-/m0/s1. The number of carboxylic acids is 1. The van der Waals surface area contributed by atoms with Crippen LogP contribution in [0.3, 0.4) is 0 Å². The molecule has 2 aliphatic rings. The molecule has 0 unspecified atom stereocenters. The van der Waals surface area contributed by atoms with Crippen molar-refractivity contribution >= 4 is 11.8 Å². The van der Waals surface area contributed by atoms with E-state index >= 15 is 0 Å². The second-order valence-electron chi connectivity index (χ2n) is 9.18. The first-order chi connectivity index (χ1) is 17.0. The third kappa shape index (κ3) is 5.50. The number of nitrogens with zero attached hydrogens (tertiary/aromatic N) is 6. The van der Waals surface area contributed by atoms with E-state index in [0.717, 1.165) is 37.1 Å². The molecule has 3 heterocycles. The SMILES string of the molecule is Cc1nc(-c2nnn(C)c2CNc2cc(OC3CC3)cnn2)ccc1O[C@H]1CCC[C@H](C(=O)O)C1. The maximum atomic E-state index is 11.4. The van der Waals surface area contributed by atoms with Crippen LogP contribution in [0.1, 0.15) is 49.9 Å². The highest BCUT2D eigenvalue weighted by Gasteiger charge is 2.28. The number of aryl methyl sites for hydroxylation is 2. The molecule has 0 radical (unpaired) electrons. The van der Waals surface area contributed by atoms with Gasteiger partial charge in [-0.3, -0.25) is 4.79 Å². The lowest BCUT2D eigenvalue weighted by Gasteiger charge is -2.27. The van der Waals surface area contributed by atoms with E-state index in [4.69, 9.17) is 14.5 Å².